The first-order valence-electron chi connectivity index (χ1n) is 11.7. The number of aromatic nitrogens is 2. The van der Waals surface area contributed by atoms with Gasteiger partial charge in [0.05, 0.1) is 6.33 Å². The first-order valence-corrected chi connectivity index (χ1v) is 11.7. The number of unbranched alkanes of at least 4 members (excludes halogenated alkanes) is 2. The van der Waals surface area contributed by atoms with Crippen LogP contribution in [0.25, 0.3) is 0 Å². The van der Waals surface area contributed by atoms with Crippen molar-refractivity contribution >= 4 is 11.6 Å². The van der Waals surface area contributed by atoms with Gasteiger partial charge in [0.25, 0.3) is 5.89 Å². The van der Waals surface area contributed by atoms with Gasteiger partial charge >= 0.3 is 5.92 Å². The van der Waals surface area contributed by atoms with Gasteiger partial charge in [-0.15, -0.1) is 13.2 Å². The summed E-state index contributed by atoms with van der Waals surface area (Å²) in [5.74, 6) is -3.46. The zero-order valence-corrected chi connectivity index (χ0v) is 20.5. The first kappa shape index (κ1) is 30.1. The molecule has 5 nitrogen and oxygen atoms in total. The molecule has 1 aromatic carbocycles. The lowest BCUT2D eigenvalue weighted by Gasteiger charge is -2.23. The van der Waals surface area contributed by atoms with Crippen LogP contribution in [-0.4, -0.2) is 22.6 Å². The van der Waals surface area contributed by atoms with E-state index in [9.17, 15) is 22.4 Å². The van der Waals surface area contributed by atoms with Crippen molar-refractivity contribution in [2.45, 2.75) is 77.1 Å². The van der Waals surface area contributed by atoms with Crippen molar-refractivity contribution in [1.29, 1.82) is 0 Å². The Morgan fingerprint density at radius 2 is 1.91 bits per heavy atom. The number of carbonyl (C=O) groups excluding carboxylic acids is 1. The lowest BCUT2D eigenvalue weighted by molar-refractivity contribution is -0.118. The first-order chi connectivity index (χ1) is 16.7. The lowest BCUT2D eigenvalue weighted by atomic mass is 10.1. The normalized spacial score (nSPS) is 12.6. The van der Waals surface area contributed by atoms with Crippen LogP contribution >= 0.6 is 0 Å². The third-order valence-corrected chi connectivity index (χ3v) is 5.20. The summed E-state index contributed by atoms with van der Waals surface area (Å²) in [5.41, 5.74) is 1.44. The van der Waals surface area contributed by atoms with Crippen LogP contribution in [0.5, 0.6) is 0 Å². The largest absolute Gasteiger partial charge is 0.333 e. The molecule has 1 aliphatic rings. The zero-order chi connectivity index (χ0) is 26.4. The van der Waals surface area contributed by atoms with E-state index < -0.39 is 11.8 Å². The van der Waals surface area contributed by atoms with Gasteiger partial charge in [0, 0.05) is 32.0 Å². The van der Waals surface area contributed by atoms with E-state index >= 15 is 0 Å². The minimum Gasteiger partial charge on any atom is -0.333 e. The Bertz CT molecular complexity index is 924. The van der Waals surface area contributed by atoms with Gasteiger partial charge in [0.15, 0.2) is 5.82 Å². The Morgan fingerprint density at radius 1 is 1.26 bits per heavy atom. The highest BCUT2D eigenvalue weighted by Crippen LogP contribution is 2.42. The van der Waals surface area contributed by atoms with Gasteiger partial charge in [-0.3, -0.25) is 4.79 Å². The smallest absolute Gasteiger partial charge is 0.322 e. The molecule has 0 spiro atoms. The zero-order valence-electron chi connectivity index (χ0n) is 20.5. The molecule has 0 atom stereocenters. The fraction of sp³-hybridized carbons (Fsp3) is 0.500. The molecule has 1 aromatic heterocycles. The Hall–Kier alpha value is -2.97. The third kappa shape index (κ3) is 10.0. The number of carbonyl (C=O) groups is 1. The summed E-state index contributed by atoms with van der Waals surface area (Å²) in [6.07, 6.45) is 6.06. The Morgan fingerprint density at radius 3 is 2.46 bits per heavy atom. The van der Waals surface area contributed by atoms with Crippen molar-refractivity contribution < 1.29 is 26.9 Å². The van der Waals surface area contributed by atoms with Crippen molar-refractivity contribution in [3.05, 3.63) is 67.4 Å². The molecule has 1 saturated carbocycles. The average molecular weight is 498 g/mol. The van der Waals surface area contributed by atoms with Crippen molar-refractivity contribution in [2.75, 3.05) is 11.4 Å². The van der Waals surface area contributed by atoms with E-state index in [1.165, 1.54) is 6.07 Å². The number of nitrogens with zero attached hydrogens (tertiary/aromatic N) is 3. The van der Waals surface area contributed by atoms with E-state index in [0.29, 0.717) is 31.4 Å². The molecule has 3 rings (SSSR count). The van der Waals surface area contributed by atoms with Gasteiger partial charge in [0.2, 0.25) is 5.91 Å². The monoisotopic (exact) mass is 497 g/mol. The SMILES string of the molecule is C=C.C=CF.CCCC(=O)N(CCCCCc1noc(C(C)(F)F)n1)c1ccc(F)c(C2CC2)c1. The van der Waals surface area contributed by atoms with Crippen molar-refractivity contribution in [3.8, 4) is 0 Å². The molecule has 0 radical (unpaired) electrons. The van der Waals surface area contributed by atoms with Gasteiger partial charge in [-0.1, -0.05) is 25.1 Å². The highest BCUT2D eigenvalue weighted by molar-refractivity contribution is 5.93. The van der Waals surface area contributed by atoms with Crippen LogP contribution in [0.15, 0.2) is 48.8 Å². The fourth-order valence-electron chi connectivity index (χ4n) is 3.42. The summed E-state index contributed by atoms with van der Waals surface area (Å²) in [6, 6.07) is 4.93. The number of halogens is 4. The summed E-state index contributed by atoms with van der Waals surface area (Å²) >= 11 is 0. The van der Waals surface area contributed by atoms with Crippen LogP contribution in [0, 0.1) is 5.82 Å². The van der Waals surface area contributed by atoms with Gasteiger partial charge in [-0.05, 0) is 61.8 Å². The van der Waals surface area contributed by atoms with Crippen LogP contribution < -0.4 is 4.90 Å². The summed E-state index contributed by atoms with van der Waals surface area (Å²) in [6.45, 7) is 11.9. The molecule has 2 aromatic rings. The molecule has 0 unspecified atom stereocenters. The van der Waals surface area contributed by atoms with E-state index in [2.05, 4.69) is 34.4 Å². The molecule has 194 valence electrons. The molecule has 1 heterocycles. The second-order valence-electron chi connectivity index (χ2n) is 8.14. The minimum absolute atomic E-state index is 0.0267. The topological polar surface area (TPSA) is 59.2 Å². The predicted molar refractivity (Wildman–Crippen MR) is 130 cm³/mol. The number of hydrogen-bond acceptors (Lipinski definition) is 4. The maximum absolute atomic E-state index is 14.1. The molecular formula is C26H35F4N3O2. The number of benzene rings is 1. The van der Waals surface area contributed by atoms with Crippen LogP contribution in [-0.2, 0) is 17.1 Å². The quantitative estimate of drug-likeness (QED) is 0.182. The molecule has 9 heteroatoms. The standard InChI is InChI=1S/C22H28F3N3O2.C2H3F.C2H4/c1-3-7-20(29)28(16-11-12-18(23)17(14-16)15-9-10-15)13-6-4-5-8-19-26-21(30-27-19)22(2,24)25;1-2-3;1-2/h11-12,14-15H,3-10,13H2,1-2H3;2H,1H2;1-2H2. The molecular weight excluding hydrogens is 462 g/mol. The Kier molecular flexibility index (Phi) is 13.0. The number of anilines is 1. The number of amides is 1. The van der Waals surface area contributed by atoms with Crippen LogP contribution in [0.4, 0.5) is 23.2 Å². The van der Waals surface area contributed by atoms with Crippen LogP contribution in [0.1, 0.15) is 82.0 Å². The molecule has 1 aliphatic carbocycles. The van der Waals surface area contributed by atoms with E-state index in [-0.39, 0.29) is 29.8 Å². The number of hydrogen-bond donors (Lipinski definition) is 0. The Labute approximate surface area is 204 Å². The molecule has 1 fully saturated rings. The van der Waals surface area contributed by atoms with Gasteiger partial charge in [-0.2, -0.15) is 13.8 Å². The summed E-state index contributed by atoms with van der Waals surface area (Å²) in [7, 11) is 0. The molecule has 0 saturated heterocycles. The molecule has 0 aliphatic heterocycles. The second kappa shape index (κ2) is 15.1. The minimum atomic E-state index is -3.14. The molecule has 1 amide bonds. The van der Waals surface area contributed by atoms with Crippen molar-refractivity contribution in [1.82, 2.24) is 10.1 Å². The number of aryl methyl sites for hydroxylation is 1. The van der Waals surface area contributed by atoms with Crippen molar-refractivity contribution in [2.24, 2.45) is 0 Å². The average Bonchev–Trinajstić information content (AvgIpc) is 3.54. The van der Waals surface area contributed by atoms with Crippen LogP contribution in [0.3, 0.4) is 0 Å². The van der Waals surface area contributed by atoms with Gasteiger partial charge < -0.3 is 9.42 Å². The highest BCUT2D eigenvalue weighted by Gasteiger charge is 2.32. The molecule has 35 heavy (non-hydrogen) atoms. The highest BCUT2D eigenvalue weighted by atomic mass is 19.3. The molecule has 0 bridgehead atoms. The fourth-order valence-corrected chi connectivity index (χ4v) is 3.42. The third-order valence-electron chi connectivity index (χ3n) is 5.20. The van der Waals surface area contributed by atoms with Crippen LogP contribution in [0.2, 0.25) is 0 Å². The van der Waals surface area contributed by atoms with Gasteiger partial charge in [-0.25, -0.2) is 8.78 Å². The number of alkyl halides is 2. The van der Waals surface area contributed by atoms with Crippen molar-refractivity contribution in [3.63, 3.8) is 0 Å². The van der Waals surface area contributed by atoms with Gasteiger partial charge in [0.1, 0.15) is 5.82 Å². The van der Waals surface area contributed by atoms with E-state index in [1.54, 1.807) is 11.0 Å². The van der Waals surface area contributed by atoms with E-state index in [0.717, 1.165) is 44.7 Å². The maximum Gasteiger partial charge on any atom is 0.322 e. The summed E-state index contributed by atoms with van der Waals surface area (Å²) in [4.78, 5) is 18.1. The summed E-state index contributed by atoms with van der Waals surface area (Å²) in [5, 5.41) is 3.59. The second-order valence-corrected chi connectivity index (χ2v) is 8.14. The molecule has 0 N–H and O–H groups in total. The van der Waals surface area contributed by atoms with E-state index in [1.807, 2.05) is 13.0 Å². The Balaban J connectivity index is 0.00000114. The maximum atomic E-state index is 14.1. The summed E-state index contributed by atoms with van der Waals surface area (Å²) < 4.78 is 55.0. The predicted octanol–water partition coefficient (Wildman–Crippen LogP) is 7.65. The lowest BCUT2D eigenvalue weighted by Crippen LogP contribution is -2.31. The number of rotatable bonds is 11. The van der Waals surface area contributed by atoms with E-state index in [4.69, 9.17) is 0 Å².